The van der Waals surface area contributed by atoms with Gasteiger partial charge >= 0.3 is 5.97 Å². The van der Waals surface area contributed by atoms with Crippen LogP contribution in [-0.4, -0.2) is 18.5 Å². The average molecular weight is 518 g/mol. The summed E-state index contributed by atoms with van der Waals surface area (Å²) in [6, 6.07) is 25.9. The third kappa shape index (κ3) is 4.43. The van der Waals surface area contributed by atoms with Gasteiger partial charge in [0.05, 0.1) is 23.1 Å². The summed E-state index contributed by atoms with van der Waals surface area (Å²) in [5, 5.41) is 5.29. The van der Waals surface area contributed by atoms with Crippen LogP contribution in [0.25, 0.3) is 10.8 Å². The Kier molecular flexibility index (Phi) is 6.68. The van der Waals surface area contributed by atoms with E-state index < -0.39 is 17.8 Å². The number of rotatable bonds is 5. The maximum Gasteiger partial charge on any atom is 0.340 e. The number of hydrogen-bond acceptors (Lipinski definition) is 4. The van der Waals surface area contributed by atoms with E-state index in [1.54, 1.807) is 13.0 Å². The van der Waals surface area contributed by atoms with Crippen LogP contribution in [0, 0.1) is 0 Å². The Morgan fingerprint density at radius 2 is 1.69 bits per heavy atom. The summed E-state index contributed by atoms with van der Waals surface area (Å²) in [6.07, 6.45) is 0. The standard InChI is InChI=1S/C29H21Cl2NO4/c1-2-35-29(34)26-24(18-9-4-3-5-10-18)25-20-11-7-6-8-17(20)12-15-23(25)36-28(26)32-27(33)21-14-13-19(30)16-22(21)31/h3-16,24H,2H2,1H3,(H,32,33). The lowest BCUT2D eigenvalue weighted by molar-refractivity contribution is -0.139. The number of amides is 1. The van der Waals surface area contributed by atoms with E-state index in [9.17, 15) is 9.59 Å². The molecule has 1 amide bonds. The second kappa shape index (κ2) is 10.1. The first kappa shape index (κ1) is 23.9. The molecule has 1 N–H and O–H groups in total. The Bertz CT molecular complexity index is 1510. The number of benzene rings is 4. The Hall–Kier alpha value is -3.80. The summed E-state index contributed by atoms with van der Waals surface area (Å²) >= 11 is 12.3. The summed E-state index contributed by atoms with van der Waals surface area (Å²) in [5.74, 6) is -1.13. The highest BCUT2D eigenvalue weighted by Crippen LogP contribution is 2.46. The van der Waals surface area contributed by atoms with E-state index in [4.69, 9.17) is 32.7 Å². The second-order valence-corrected chi connectivity index (χ2v) is 9.03. The van der Waals surface area contributed by atoms with E-state index in [0.29, 0.717) is 10.8 Å². The molecule has 5 rings (SSSR count). The first-order chi connectivity index (χ1) is 17.5. The summed E-state index contributed by atoms with van der Waals surface area (Å²) in [5.41, 5.74) is 2.08. The van der Waals surface area contributed by atoms with Crippen molar-refractivity contribution in [2.75, 3.05) is 6.61 Å². The number of halogens is 2. The van der Waals surface area contributed by atoms with Crippen LogP contribution >= 0.6 is 23.2 Å². The lowest BCUT2D eigenvalue weighted by Gasteiger charge is -2.31. The van der Waals surface area contributed by atoms with E-state index in [-0.39, 0.29) is 28.6 Å². The van der Waals surface area contributed by atoms with E-state index in [0.717, 1.165) is 21.9 Å². The van der Waals surface area contributed by atoms with E-state index in [1.807, 2.05) is 66.7 Å². The highest BCUT2D eigenvalue weighted by Gasteiger charge is 2.38. The number of hydrogen-bond donors (Lipinski definition) is 1. The van der Waals surface area contributed by atoms with Gasteiger partial charge in [0.15, 0.2) is 0 Å². The van der Waals surface area contributed by atoms with Gasteiger partial charge in [0.2, 0.25) is 5.88 Å². The molecule has 0 saturated carbocycles. The summed E-state index contributed by atoms with van der Waals surface area (Å²) in [6.45, 7) is 1.89. The van der Waals surface area contributed by atoms with Crippen molar-refractivity contribution < 1.29 is 19.1 Å². The van der Waals surface area contributed by atoms with Gasteiger partial charge in [-0.3, -0.25) is 10.1 Å². The van der Waals surface area contributed by atoms with Crippen molar-refractivity contribution in [3.8, 4) is 5.75 Å². The predicted octanol–water partition coefficient (Wildman–Crippen LogP) is 6.88. The molecule has 0 aliphatic carbocycles. The maximum absolute atomic E-state index is 13.4. The van der Waals surface area contributed by atoms with Gasteiger partial charge in [-0.2, -0.15) is 0 Å². The number of esters is 1. The Morgan fingerprint density at radius 3 is 2.44 bits per heavy atom. The van der Waals surface area contributed by atoms with Gasteiger partial charge in [0.1, 0.15) is 11.3 Å². The van der Waals surface area contributed by atoms with Gasteiger partial charge in [-0.1, -0.05) is 83.9 Å². The predicted molar refractivity (Wildman–Crippen MR) is 140 cm³/mol. The fourth-order valence-corrected chi connectivity index (χ4v) is 4.93. The smallest absolute Gasteiger partial charge is 0.340 e. The minimum Gasteiger partial charge on any atom is -0.462 e. The number of fused-ring (bicyclic) bond motifs is 3. The number of nitrogens with one attached hydrogen (secondary N) is 1. The van der Waals surface area contributed by atoms with Crippen LogP contribution in [0.15, 0.2) is 96.4 Å². The van der Waals surface area contributed by atoms with E-state index in [2.05, 4.69) is 5.32 Å². The molecule has 1 aliphatic heterocycles. The lowest BCUT2D eigenvalue weighted by atomic mass is 9.80. The number of ether oxygens (including phenoxy) is 2. The molecule has 1 unspecified atom stereocenters. The first-order valence-electron chi connectivity index (χ1n) is 11.4. The van der Waals surface area contributed by atoms with Crippen LogP contribution in [0.1, 0.15) is 34.3 Å². The van der Waals surface area contributed by atoms with Gasteiger partial charge in [-0.15, -0.1) is 0 Å². The van der Waals surface area contributed by atoms with Crippen LogP contribution in [0.3, 0.4) is 0 Å². The van der Waals surface area contributed by atoms with Crippen molar-refractivity contribution in [1.29, 1.82) is 0 Å². The van der Waals surface area contributed by atoms with Crippen LogP contribution in [0.2, 0.25) is 10.0 Å². The fraction of sp³-hybridized carbons (Fsp3) is 0.103. The molecule has 4 aromatic carbocycles. The molecule has 1 heterocycles. The van der Waals surface area contributed by atoms with Crippen molar-refractivity contribution in [3.63, 3.8) is 0 Å². The molecule has 0 fully saturated rings. The van der Waals surface area contributed by atoms with E-state index >= 15 is 0 Å². The summed E-state index contributed by atoms with van der Waals surface area (Å²) < 4.78 is 11.7. The zero-order chi connectivity index (χ0) is 25.2. The van der Waals surface area contributed by atoms with Crippen molar-refractivity contribution in [3.05, 3.63) is 123 Å². The minimum absolute atomic E-state index is 0.00102. The highest BCUT2D eigenvalue weighted by atomic mass is 35.5. The van der Waals surface area contributed by atoms with E-state index in [1.165, 1.54) is 12.1 Å². The van der Waals surface area contributed by atoms with Gasteiger partial charge in [0, 0.05) is 10.6 Å². The molecule has 0 bridgehead atoms. The molecule has 0 aromatic heterocycles. The Labute approximate surface area is 218 Å². The monoisotopic (exact) mass is 517 g/mol. The van der Waals surface area contributed by atoms with Crippen molar-refractivity contribution >= 4 is 45.9 Å². The number of carbonyl (C=O) groups excluding carboxylic acids is 2. The molecule has 180 valence electrons. The minimum atomic E-state index is -0.581. The summed E-state index contributed by atoms with van der Waals surface area (Å²) in [7, 11) is 0. The van der Waals surface area contributed by atoms with Gasteiger partial charge in [-0.05, 0) is 47.5 Å². The van der Waals surface area contributed by atoms with Crippen LogP contribution in [0.4, 0.5) is 0 Å². The zero-order valence-electron chi connectivity index (χ0n) is 19.3. The first-order valence-corrected chi connectivity index (χ1v) is 12.2. The molecular formula is C29H21Cl2NO4. The molecule has 0 radical (unpaired) electrons. The molecule has 5 nitrogen and oxygen atoms in total. The molecule has 4 aromatic rings. The third-order valence-electron chi connectivity index (χ3n) is 6.00. The fourth-order valence-electron chi connectivity index (χ4n) is 4.44. The topological polar surface area (TPSA) is 64.6 Å². The average Bonchev–Trinajstić information content (AvgIpc) is 2.88. The molecule has 1 atom stereocenters. The summed E-state index contributed by atoms with van der Waals surface area (Å²) in [4.78, 5) is 26.6. The SMILES string of the molecule is CCOC(=O)C1=C(NC(=O)c2ccc(Cl)cc2Cl)Oc2ccc3ccccc3c2C1c1ccccc1. The third-order valence-corrected chi connectivity index (χ3v) is 6.54. The van der Waals surface area contributed by atoms with Gasteiger partial charge in [0.25, 0.3) is 5.91 Å². The lowest BCUT2D eigenvalue weighted by Crippen LogP contribution is -2.34. The normalized spacial score (nSPS) is 14.7. The Morgan fingerprint density at radius 1 is 0.944 bits per heavy atom. The molecule has 0 saturated heterocycles. The Balaban J connectivity index is 1.72. The highest BCUT2D eigenvalue weighted by molar-refractivity contribution is 6.36. The molecule has 7 heteroatoms. The molecule has 36 heavy (non-hydrogen) atoms. The van der Waals surface area contributed by atoms with Gasteiger partial charge < -0.3 is 9.47 Å². The second-order valence-electron chi connectivity index (χ2n) is 8.19. The largest absolute Gasteiger partial charge is 0.462 e. The van der Waals surface area contributed by atoms with Crippen molar-refractivity contribution in [1.82, 2.24) is 5.32 Å². The molecule has 0 spiro atoms. The van der Waals surface area contributed by atoms with Crippen LogP contribution in [-0.2, 0) is 9.53 Å². The molecule has 1 aliphatic rings. The van der Waals surface area contributed by atoms with Crippen molar-refractivity contribution in [2.45, 2.75) is 12.8 Å². The van der Waals surface area contributed by atoms with Crippen LogP contribution < -0.4 is 10.1 Å². The van der Waals surface area contributed by atoms with Crippen molar-refractivity contribution in [2.24, 2.45) is 0 Å². The molecular weight excluding hydrogens is 497 g/mol. The van der Waals surface area contributed by atoms with Gasteiger partial charge in [-0.25, -0.2) is 4.79 Å². The maximum atomic E-state index is 13.4. The quantitative estimate of drug-likeness (QED) is 0.293. The zero-order valence-corrected chi connectivity index (χ0v) is 20.8. The van der Waals surface area contributed by atoms with Crippen LogP contribution in [0.5, 0.6) is 5.75 Å². The number of carbonyl (C=O) groups is 2.